The standard InChI is InChI=1S/C25H28N2O/c1-4-24(20-8-6-5-7-9-20)25(22-14-16-26-17-15-22)21-10-12-23(13-11-21)28-19-18-27(2)3/h5-17H,4,18-19H2,1-3H3/b25-24-. The van der Waals surface area contributed by atoms with E-state index in [4.69, 9.17) is 4.74 Å². The molecule has 0 bridgehead atoms. The van der Waals surface area contributed by atoms with Crippen LogP contribution >= 0.6 is 0 Å². The van der Waals surface area contributed by atoms with E-state index in [1.807, 2.05) is 26.5 Å². The van der Waals surface area contributed by atoms with Crippen molar-refractivity contribution >= 4 is 11.1 Å². The molecular formula is C25H28N2O. The van der Waals surface area contributed by atoms with Gasteiger partial charge in [0, 0.05) is 18.9 Å². The molecule has 144 valence electrons. The van der Waals surface area contributed by atoms with Gasteiger partial charge in [0.15, 0.2) is 0 Å². The van der Waals surface area contributed by atoms with Crippen LogP contribution in [0.2, 0.25) is 0 Å². The number of hydrogen-bond donors (Lipinski definition) is 0. The Morgan fingerprint density at radius 3 is 2.07 bits per heavy atom. The van der Waals surface area contributed by atoms with Gasteiger partial charge < -0.3 is 9.64 Å². The molecule has 0 aliphatic rings. The van der Waals surface area contributed by atoms with Crippen LogP contribution in [0.1, 0.15) is 30.0 Å². The number of hydrogen-bond acceptors (Lipinski definition) is 3. The van der Waals surface area contributed by atoms with Gasteiger partial charge in [-0.25, -0.2) is 0 Å². The Labute approximate surface area is 168 Å². The molecule has 3 heteroatoms. The largest absolute Gasteiger partial charge is 0.492 e. The van der Waals surface area contributed by atoms with Crippen molar-refractivity contribution in [2.75, 3.05) is 27.2 Å². The Morgan fingerprint density at radius 2 is 1.46 bits per heavy atom. The topological polar surface area (TPSA) is 25.4 Å². The molecule has 3 nitrogen and oxygen atoms in total. The molecule has 0 aliphatic carbocycles. The third-order valence-corrected chi connectivity index (χ3v) is 4.70. The highest BCUT2D eigenvalue weighted by atomic mass is 16.5. The number of rotatable bonds is 8. The zero-order chi connectivity index (χ0) is 19.8. The molecule has 0 amide bonds. The van der Waals surface area contributed by atoms with E-state index < -0.39 is 0 Å². The fourth-order valence-corrected chi connectivity index (χ4v) is 3.26. The minimum Gasteiger partial charge on any atom is -0.492 e. The third kappa shape index (κ3) is 5.08. The summed E-state index contributed by atoms with van der Waals surface area (Å²) in [6.07, 6.45) is 4.65. The van der Waals surface area contributed by atoms with E-state index in [1.165, 1.54) is 27.8 Å². The van der Waals surface area contributed by atoms with Crippen molar-refractivity contribution in [2.45, 2.75) is 13.3 Å². The van der Waals surface area contributed by atoms with Gasteiger partial charge in [0.1, 0.15) is 12.4 Å². The molecule has 0 spiro atoms. The number of likely N-dealkylation sites (N-methyl/N-ethyl adjacent to an activating group) is 1. The van der Waals surface area contributed by atoms with Crippen LogP contribution < -0.4 is 4.74 Å². The molecule has 0 N–H and O–H groups in total. The molecule has 0 unspecified atom stereocenters. The molecular weight excluding hydrogens is 344 g/mol. The van der Waals surface area contributed by atoms with E-state index in [0.717, 1.165) is 18.7 Å². The fourth-order valence-electron chi connectivity index (χ4n) is 3.26. The monoisotopic (exact) mass is 372 g/mol. The lowest BCUT2D eigenvalue weighted by Gasteiger charge is -2.17. The summed E-state index contributed by atoms with van der Waals surface area (Å²) in [5, 5.41) is 0. The molecule has 0 fully saturated rings. The van der Waals surface area contributed by atoms with Crippen LogP contribution in [0.5, 0.6) is 5.75 Å². The predicted molar refractivity (Wildman–Crippen MR) is 117 cm³/mol. The quantitative estimate of drug-likeness (QED) is 0.496. The maximum Gasteiger partial charge on any atom is 0.119 e. The molecule has 0 radical (unpaired) electrons. The SMILES string of the molecule is CC/C(=C(/c1ccncc1)c1ccc(OCCN(C)C)cc1)c1ccccc1. The summed E-state index contributed by atoms with van der Waals surface area (Å²) in [7, 11) is 4.10. The summed E-state index contributed by atoms with van der Waals surface area (Å²) in [4.78, 5) is 6.31. The minimum atomic E-state index is 0.684. The first kappa shape index (κ1) is 19.8. The van der Waals surface area contributed by atoms with Gasteiger partial charge in [-0.3, -0.25) is 4.98 Å². The summed E-state index contributed by atoms with van der Waals surface area (Å²) < 4.78 is 5.86. The molecule has 1 aromatic heterocycles. The smallest absolute Gasteiger partial charge is 0.119 e. The minimum absolute atomic E-state index is 0.684. The lowest BCUT2D eigenvalue weighted by Crippen LogP contribution is -2.19. The number of benzene rings is 2. The first-order valence-corrected chi connectivity index (χ1v) is 9.76. The van der Waals surface area contributed by atoms with Gasteiger partial charge in [-0.05, 0) is 72.6 Å². The summed E-state index contributed by atoms with van der Waals surface area (Å²) in [6.45, 7) is 3.80. The Morgan fingerprint density at radius 1 is 0.821 bits per heavy atom. The molecule has 0 saturated heterocycles. The maximum atomic E-state index is 5.86. The van der Waals surface area contributed by atoms with E-state index in [2.05, 4.69) is 83.5 Å². The van der Waals surface area contributed by atoms with Crippen molar-refractivity contribution in [1.82, 2.24) is 9.88 Å². The zero-order valence-corrected chi connectivity index (χ0v) is 16.9. The van der Waals surface area contributed by atoms with Crippen molar-refractivity contribution in [3.63, 3.8) is 0 Å². The Kier molecular flexibility index (Phi) is 6.99. The molecule has 1 heterocycles. The molecule has 2 aromatic carbocycles. The maximum absolute atomic E-state index is 5.86. The summed E-state index contributed by atoms with van der Waals surface area (Å²) in [5.74, 6) is 0.900. The van der Waals surface area contributed by atoms with E-state index in [1.54, 1.807) is 0 Å². The number of ether oxygens (including phenoxy) is 1. The van der Waals surface area contributed by atoms with Crippen molar-refractivity contribution in [3.8, 4) is 5.75 Å². The molecule has 3 aromatic rings. The van der Waals surface area contributed by atoms with Crippen LogP contribution in [-0.4, -0.2) is 37.1 Å². The van der Waals surface area contributed by atoms with Crippen molar-refractivity contribution in [3.05, 3.63) is 95.8 Å². The van der Waals surface area contributed by atoms with Crippen LogP contribution in [0.4, 0.5) is 0 Å². The van der Waals surface area contributed by atoms with Crippen molar-refractivity contribution in [2.24, 2.45) is 0 Å². The fraction of sp³-hybridized carbons (Fsp3) is 0.240. The van der Waals surface area contributed by atoms with E-state index in [0.29, 0.717) is 6.61 Å². The van der Waals surface area contributed by atoms with E-state index in [-0.39, 0.29) is 0 Å². The zero-order valence-electron chi connectivity index (χ0n) is 16.9. The molecule has 0 atom stereocenters. The average Bonchev–Trinajstić information content (AvgIpc) is 2.73. The van der Waals surface area contributed by atoms with Gasteiger partial charge in [0.25, 0.3) is 0 Å². The Hall–Kier alpha value is -2.91. The number of allylic oxidation sites excluding steroid dienone is 1. The second kappa shape index (κ2) is 9.86. The molecule has 0 aliphatic heterocycles. The van der Waals surface area contributed by atoms with E-state index in [9.17, 15) is 0 Å². The molecule has 3 rings (SSSR count). The highest BCUT2D eigenvalue weighted by molar-refractivity contribution is 5.98. The van der Waals surface area contributed by atoms with Gasteiger partial charge in [-0.1, -0.05) is 49.4 Å². The average molecular weight is 373 g/mol. The Bertz CT molecular complexity index is 885. The first-order chi connectivity index (χ1) is 13.7. The van der Waals surface area contributed by atoms with Crippen LogP contribution in [0.25, 0.3) is 11.1 Å². The Balaban J connectivity index is 2.00. The van der Waals surface area contributed by atoms with E-state index >= 15 is 0 Å². The number of nitrogens with zero attached hydrogens (tertiary/aromatic N) is 2. The second-order valence-corrected chi connectivity index (χ2v) is 6.99. The summed E-state index contributed by atoms with van der Waals surface area (Å²) >= 11 is 0. The summed E-state index contributed by atoms with van der Waals surface area (Å²) in [5.41, 5.74) is 6.19. The first-order valence-electron chi connectivity index (χ1n) is 9.76. The van der Waals surface area contributed by atoms with Crippen molar-refractivity contribution in [1.29, 1.82) is 0 Å². The van der Waals surface area contributed by atoms with Crippen LogP contribution in [-0.2, 0) is 0 Å². The van der Waals surface area contributed by atoms with Gasteiger partial charge in [-0.15, -0.1) is 0 Å². The lowest BCUT2D eigenvalue weighted by atomic mass is 9.88. The van der Waals surface area contributed by atoms with Crippen LogP contribution in [0, 0.1) is 0 Å². The van der Waals surface area contributed by atoms with Crippen LogP contribution in [0.15, 0.2) is 79.1 Å². The van der Waals surface area contributed by atoms with Crippen molar-refractivity contribution < 1.29 is 4.74 Å². The summed E-state index contributed by atoms with van der Waals surface area (Å²) in [6, 6.07) is 23.2. The molecule has 0 saturated carbocycles. The van der Waals surface area contributed by atoms with Gasteiger partial charge >= 0.3 is 0 Å². The molecule has 28 heavy (non-hydrogen) atoms. The second-order valence-electron chi connectivity index (χ2n) is 6.99. The van der Waals surface area contributed by atoms with Gasteiger partial charge in [0.05, 0.1) is 0 Å². The highest BCUT2D eigenvalue weighted by Gasteiger charge is 2.13. The van der Waals surface area contributed by atoms with Gasteiger partial charge in [-0.2, -0.15) is 0 Å². The van der Waals surface area contributed by atoms with Gasteiger partial charge in [0.2, 0.25) is 0 Å². The third-order valence-electron chi connectivity index (χ3n) is 4.70. The normalized spacial score (nSPS) is 12.0. The number of pyridine rings is 1. The van der Waals surface area contributed by atoms with Crippen LogP contribution in [0.3, 0.4) is 0 Å². The highest BCUT2D eigenvalue weighted by Crippen LogP contribution is 2.34. The predicted octanol–water partition coefficient (Wildman–Crippen LogP) is 5.39. The lowest BCUT2D eigenvalue weighted by molar-refractivity contribution is 0.261. The number of aromatic nitrogens is 1.